The van der Waals surface area contributed by atoms with E-state index < -0.39 is 11.7 Å². The predicted molar refractivity (Wildman–Crippen MR) is 40.0 cm³/mol. The van der Waals surface area contributed by atoms with E-state index in [0.717, 1.165) is 0 Å². The number of ether oxygens (including phenoxy) is 1. The standard InChI is InChI=1S/C7H11NO4/c1-7(5-9)4-8(6(10)11)2-3-12-7/h5H,2-4H2,1H3,(H,10,11). The second kappa shape index (κ2) is 3.10. The van der Waals surface area contributed by atoms with Crippen LogP contribution in [0.2, 0.25) is 0 Å². The van der Waals surface area contributed by atoms with Crippen LogP contribution in [-0.2, 0) is 9.53 Å². The third-order valence-electron chi connectivity index (χ3n) is 1.82. The second-order valence-corrected chi connectivity index (χ2v) is 2.98. The molecule has 0 aromatic heterocycles. The second-order valence-electron chi connectivity index (χ2n) is 2.98. The molecule has 1 atom stereocenters. The maximum Gasteiger partial charge on any atom is 0.407 e. The Hall–Kier alpha value is -1.10. The highest BCUT2D eigenvalue weighted by atomic mass is 16.5. The van der Waals surface area contributed by atoms with Gasteiger partial charge in [0.05, 0.1) is 13.2 Å². The Bertz CT molecular complexity index is 206. The Labute approximate surface area is 69.9 Å². The fraction of sp³-hybridized carbons (Fsp3) is 0.714. The van der Waals surface area contributed by atoms with Gasteiger partial charge in [-0.15, -0.1) is 0 Å². The summed E-state index contributed by atoms with van der Waals surface area (Å²) in [7, 11) is 0. The predicted octanol–water partition coefficient (Wildman–Crippen LogP) is -0.0458. The van der Waals surface area contributed by atoms with Gasteiger partial charge in [0.2, 0.25) is 0 Å². The Morgan fingerprint density at radius 2 is 2.42 bits per heavy atom. The molecular formula is C7H11NO4. The van der Waals surface area contributed by atoms with Crippen molar-refractivity contribution in [2.75, 3.05) is 19.7 Å². The lowest BCUT2D eigenvalue weighted by Crippen LogP contribution is -2.52. The molecule has 0 radical (unpaired) electrons. The van der Waals surface area contributed by atoms with Gasteiger partial charge in [0, 0.05) is 6.54 Å². The van der Waals surface area contributed by atoms with Crippen molar-refractivity contribution < 1.29 is 19.4 Å². The van der Waals surface area contributed by atoms with E-state index in [9.17, 15) is 9.59 Å². The first-order valence-electron chi connectivity index (χ1n) is 3.65. The molecule has 0 saturated carbocycles. The van der Waals surface area contributed by atoms with Gasteiger partial charge in [-0.25, -0.2) is 4.79 Å². The summed E-state index contributed by atoms with van der Waals surface area (Å²) in [5.74, 6) is 0. The molecular weight excluding hydrogens is 162 g/mol. The van der Waals surface area contributed by atoms with E-state index in [2.05, 4.69) is 0 Å². The van der Waals surface area contributed by atoms with E-state index in [0.29, 0.717) is 12.8 Å². The molecule has 0 aliphatic carbocycles. The summed E-state index contributed by atoms with van der Waals surface area (Å²) in [6, 6.07) is 0. The van der Waals surface area contributed by atoms with Crippen molar-refractivity contribution in [2.45, 2.75) is 12.5 Å². The van der Waals surface area contributed by atoms with Gasteiger partial charge in [-0.2, -0.15) is 0 Å². The molecule has 1 N–H and O–H groups in total. The minimum Gasteiger partial charge on any atom is -0.465 e. The average molecular weight is 173 g/mol. The zero-order valence-corrected chi connectivity index (χ0v) is 6.82. The summed E-state index contributed by atoms with van der Waals surface area (Å²) in [6.07, 6.45) is -0.367. The van der Waals surface area contributed by atoms with Crippen molar-refractivity contribution in [1.29, 1.82) is 0 Å². The molecule has 1 unspecified atom stereocenters. The number of carbonyl (C=O) groups excluding carboxylic acids is 1. The molecule has 0 aromatic carbocycles. The van der Waals surface area contributed by atoms with Gasteiger partial charge >= 0.3 is 6.09 Å². The van der Waals surface area contributed by atoms with Gasteiger partial charge < -0.3 is 19.5 Å². The molecule has 0 aromatic rings. The fourth-order valence-electron chi connectivity index (χ4n) is 1.13. The van der Waals surface area contributed by atoms with Crippen LogP contribution in [0.4, 0.5) is 4.79 Å². The lowest BCUT2D eigenvalue weighted by Gasteiger charge is -2.35. The molecule has 1 aliphatic heterocycles. The van der Waals surface area contributed by atoms with Crippen molar-refractivity contribution in [1.82, 2.24) is 4.90 Å². The smallest absolute Gasteiger partial charge is 0.407 e. The molecule has 0 bridgehead atoms. The summed E-state index contributed by atoms with van der Waals surface area (Å²) in [5.41, 5.74) is -0.962. The van der Waals surface area contributed by atoms with Crippen molar-refractivity contribution in [2.24, 2.45) is 0 Å². The highest BCUT2D eigenvalue weighted by molar-refractivity contribution is 5.68. The van der Waals surface area contributed by atoms with E-state index in [1.165, 1.54) is 4.90 Å². The molecule has 1 rings (SSSR count). The molecule has 1 fully saturated rings. The highest BCUT2D eigenvalue weighted by Crippen LogP contribution is 2.14. The van der Waals surface area contributed by atoms with E-state index in [-0.39, 0.29) is 13.2 Å². The van der Waals surface area contributed by atoms with Gasteiger partial charge in [-0.3, -0.25) is 0 Å². The largest absolute Gasteiger partial charge is 0.465 e. The number of nitrogens with zero attached hydrogens (tertiary/aromatic N) is 1. The van der Waals surface area contributed by atoms with Gasteiger partial charge in [0.25, 0.3) is 0 Å². The zero-order valence-electron chi connectivity index (χ0n) is 6.82. The summed E-state index contributed by atoms with van der Waals surface area (Å²) < 4.78 is 5.12. The maximum absolute atomic E-state index is 10.5. The van der Waals surface area contributed by atoms with E-state index in [4.69, 9.17) is 9.84 Å². The first-order valence-corrected chi connectivity index (χ1v) is 3.65. The number of hydrogen-bond donors (Lipinski definition) is 1. The number of carboxylic acid groups (broad SMARTS) is 1. The minimum atomic E-state index is -1.01. The summed E-state index contributed by atoms with van der Waals surface area (Å²) in [4.78, 5) is 22.2. The monoisotopic (exact) mass is 173 g/mol. The van der Waals surface area contributed by atoms with Crippen LogP contribution in [0, 0.1) is 0 Å². The number of hydrogen-bond acceptors (Lipinski definition) is 3. The molecule has 68 valence electrons. The Morgan fingerprint density at radius 1 is 1.75 bits per heavy atom. The van der Waals surface area contributed by atoms with E-state index >= 15 is 0 Å². The van der Waals surface area contributed by atoms with Gasteiger partial charge in [-0.05, 0) is 6.92 Å². The van der Waals surface area contributed by atoms with Crippen LogP contribution in [-0.4, -0.2) is 47.7 Å². The molecule has 5 heteroatoms. The first kappa shape index (κ1) is 8.99. The highest BCUT2D eigenvalue weighted by Gasteiger charge is 2.33. The molecule has 1 heterocycles. The SMILES string of the molecule is CC1(C=O)CN(C(=O)O)CCO1. The van der Waals surface area contributed by atoms with Crippen LogP contribution in [0.15, 0.2) is 0 Å². The van der Waals surface area contributed by atoms with E-state index in [1.807, 2.05) is 0 Å². The number of morpholine rings is 1. The Balaban J connectivity index is 2.62. The molecule has 1 aliphatic rings. The van der Waals surface area contributed by atoms with Gasteiger partial charge in [-0.1, -0.05) is 0 Å². The summed E-state index contributed by atoms with van der Waals surface area (Å²) >= 11 is 0. The lowest BCUT2D eigenvalue weighted by molar-refractivity contribution is -0.138. The third kappa shape index (κ3) is 1.73. The van der Waals surface area contributed by atoms with Crippen molar-refractivity contribution >= 4 is 12.4 Å². The minimum absolute atomic E-state index is 0.117. The van der Waals surface area contributed by atoms with Crippen LogP contribution in [0.25, 0.3) is 0 Å². The van der Waals surface area contributed by atoms with Gasteiger partial charge in [0.1, 0.15) is 5.60 Å². The third-order valence-corrected chi connectivity index (χ3v) is 1.82. The average Bonchev–Trinajstić information content (AvgIpc) is 2.05. The number of aldehydes is 1. The number of amides is 1. The quantitative estimate of drug-likeness (QED) is 0.565. The normalized spacial score (nSPS) is 29.9. The van der Waals surface area contributed by atoms with Crippen molar-refractivity contribution in [3.63, 3.8) is 0 Å². The molecule has 12 heavy (non-hydrogen) atoms. The molecule has 1 amide bonds. The molecule has 5 nitrogen and oxygen atoms in total. The Kier molecular flexibility index (Phi) is 2.32. The summed E-state index contributed by atoms with van der Waals surface area (Å²) in [5, 5.41) is 8.62. The first-order chi connectivity index (χ1) is 5.57. The fourth-order valence-corrected chi connectivity index (χ4v) is 1.13. The van der Waals surface area contributed by atoms with Crippen LogP contribution in [0.3, 0.4) is 0 Å². The topological polar surface area (TPSA) is 66.8 Å². The molecule has 1 saturated heterocycles. The van der Waals surface area contributed by atoms with Crippen LogP contribution < -0.4 is 0 Å². The summed E-state index contributed by atoms with van der Waals surface area (Å²) in [6.45, 7) is 2.31. The lowest BCUT2D eigenvalue weighted by atomic mass is 10.1. The van der Waals surface area contributed by atoms with Crippen LogP contribution >= 0.6 is 0 Å². The van der Waals surface area contributed by atoms with Crippen molar-refractivity contribution in [3.8, 4) is 0 Å². The maximum atomic E-state index is 10.5. The van der Waals surface area contributed by atoms with Gasteiger partial charge in [0.15, 0.2) is 6.29 Å². The molecule has 0 spiro atoms. The zero-order chi connectivity index (χ0) is 9.19. The number of carbonyl (C=O) groups is 2. The van der Waals surface area contributed by atoms with E-state index in [1.54, 1.807) is 6.92 Å². The van der Waals surface area contributed by atoms with Crippen LogP contribution in [0.5, 0.6) is 0 Å². The number of rotatable bonds is 1. The van der Waals surface area contributed by atoms with Crippen LogP contribution in [0.1, 0.15) is 6.92 Å². The van der Waals surface area contributed by atoms with Crippen molar-refractivity contribution in [3.05, 3.63) is 0 Å². The Morgan fingerprint density at radius 3 is 2.92 bits per heavy atom.